The molecule has 10 heteroatoms. The third-order valence-electron chi connectivity index (χ3n) is 9.88. The Hall–Kier alpha value is -0.990. The number of esters is 2. The number of rotatable bonds is 41. The quantitative estimate of drug-likeness (QED) is 0.0261. The van der Waals surface area contributed by atoms with Crippen molar-refractivity contribution in [1.82, 2.24) is 0 Å². The number of hydrogen-bond acceptors (Lipinski definition) is 8. The highest BCUT2D eigenvalue weighted by Crippen LogP contribution is 2.38. The highest BCUT2D eigenvalue weighted by Gasteiger charge is 2.21. The number of likely N-dealkylation sites (N-methyl/N-ethyl adjacent to an activating group) is 1. The Labute approximate surface area is 327 Å². The first-order valence-corrected chi connectivity index (χ1v) is 23.7. The van der Waals surface area contributed by atoms with E-state index < -0.39 is 26.5 Å². The third-order valence-corrected chi connectivity index (χ3v) is 10.8. The van der Waals surface area contributed by atoms with E-state index in [9.17, 15) is 19.0 Å². The maximum Gasteiger partial charge on any atom is 0.306 e. The molecule has 0 N–H and O–H groups in total. The van der Waals surface area contributed by atoms with Crippen molar-refractivity contribution >= 4 is 19.8 Å². The van der Waals surface area contributed by atoms with Gasteiger partial charge in [-0.3, -0.25) is 14.2 Å². The van der Waals surface area contributed by atoms with Gasteiger partial charge in [-0.05, 0) is 12.8 Å². The molecule has 0 saturated carbocycles. The van der Waals surface area contributed by atoms with Crippen molar-refractivity contribution in [1.29, 1.82) is 0 Å². The number of hydrogen-bond donors (Lipinski definition) is 0. The number of ether oxygens (including phenoxy) is 2. The number of phosphoric acid groups is 1. The van der Waals surface area contributed by atoms with E-state index in [0.717, 1.165) is 32.1 Å². The summed E-state index contributed by atoms with van der Waals surface area (Å²) in [6, 6.07) is 0. The van der Waals surface area contributed by atoms with E-state index >= 15 is 0 Å². The van der Waals surface area contributed by atoms with Gasteiger partial charge in [0.15, 0.2) is 6.10 Å². The molecule has 0 saturated heterocycles. The Kier molecular flexibility index (Phi) is 36.0. The van der Waals surface area contributed by atoms with Gasteiger partial charge in [-0.15, -0.1) is 0 Å². The van der Waals surface area contributed by atoms with Crippen LogP contribution in [-0.4, -0.2) is 70.0 Å². The topological polar surface area (TPSA) is 111 Å². The van der Waals surface area contributed by atoms with Crippen molar-refractivity contribution in [3.8, 4) is 0 Å². The van der Waals surface area contributed by atoms with Gasteiger partial charge in [0.2, 0.25) is 0 Å². The molecule has 0 aliphatic carbocycles. The summed E-state index contributed by atoms with van der Waals surface area (Å²) < 4.78 is 33.9. The van der Waals surface area contributed by atoms with Crippen LogP contribution in [0.15, 0.2) is 0 Å². The second-order valence-corrected chi connectivity index (χ2v) is 17.8. The minimum atomic E-state index is -4.61. The summed E-state index contributed by atoms with van der Waals surface area (Å²) in [6.45, 7) is 4.25. The molecule has 0 aliphatic rings. The molecule has 316 valence electrons. The summed E-state index contributed by atoms with van der Waals surface area (Å²) in [5.41, 5.74) is 0. The monoisotopic (exact) mass is 776 g/mol. The summed E-state index contributed by atoms with van der Waals surface area (Å²) in [7, 11) is 1.18. The molecule has 0 bridgehead atoms. The number of phosphoric ester groups is 1. The molecule has 0 aliphatic heterocycles. The van der Waals surface area contributed by atoms with Gasteiger partial charge in [-0.1, -0.05) is 187 Å². The van der Waals surface area contributed by atoms with Crippen molar-refractivity contribution < 1.29 is 42.1 Å². The largest absolute Gasteiger partial charge is 0.756 e. The molecule has 2 atom stereocenters. The minimum Gasteiger partial charge on any atom is -0.756 e. The van der Waals surface area contributed by atoms with Crippen LogP contribution in [0.25, 0.3) is 0 Å². The van der Waals surface area contributed by atoms with E-state index in [0.29, 0.717) is 17.4 Å². The molecule has 0 aromatic heterocycles. The molecule has 0 amide bonds. The fourth-order valence-electron chi connectivity index (χ4n) is 6.36. The minimum absolute atomic E-state index is 0.0258. The molecular weight excluding hydrogens is 689 g/mol. The molecular formula is C43H86NO8P. The third kappa shape index (κ3) is 40.5. The zero-order valence-corrected chi connectivity index (χ0v) is 36.4. The maximum atomic E-state index is 12.7. The van der Waals surface area contributed by atoms with Crippen LogP contribution in [0.2, 0.25) is 0 Å². The second-order valence-electron chi connectivity index (χ2n) is 16.4. The fourth-order valence-corrected chi connectivity index (χ4v) is 7.09. The van der Waals surface area contributed by atoms with Gasteiger partial charge in [0.05, 0.1) is 27.7 Å². The highest BCUT2D eigenvalue weighted by molar-refractivity contribution is 7.45. The van der Waals surface area contributed by atoms with Crippen LogP contribution in [0.3, 0.4) is 0 Å². The normalized spacial score (nSPS) is 13.5. The standard InChI is InChI=1S/C43H86NO8P/c1-6-8-10-12-14-16-18-19-20-21-22-23-24-26-28-30-32-34-36-43(46)52-41(40-51-53(47,48)50-38-37-44(3,4)5)39-49-42(45)35-33-31-29-27-25-17-15-13-11-9-7-2/h41H,6-40H2,1-5H3/t41-/m1/s1. The average Bonchev–Trinajstić information content (AvgIpc) is 3.10. The lowest BCUT2D eigenvalue weighted by atomic mass is 10.0. The molecule has 53 heavy (non-hydrogen) atoms. The molecule has 0 spiro atoms. The van der Waals surface area contributed by atoms with Crippen molar-refractivity contribution in [2.24, 2.45) is 0 Å². The maximum absolute atomic E-state index is 12.7. The van der Waals surface area contributed by atoms with Crippen LogP contribution in [0.5, 0.6) is 0 Å². The summed E-state index contributed by atoms with van der Waals surface area (Å²) in [5.74, 6) is -0.821. The number of nitrogens with zero attached hydrogens (tertiary/aromatic N) is 1. The first-order chi connectivity index (χ1) is 25.5. The molecule has 9 nitrogen and oxygen atoms in total. The van der Waals surface area contributed by atoms with Gasteiger partial charge in [0.25, 0.3) is 7.82 Å². The summed E-state index contributed by atoms with van der Waals surface area (Å²) in [4.78, 5) is 37.5. The summed E-state index contributed by atoms with van der Waals surface area (Å²) in [5, 5.41) is 0. The van der Waals surface area contributed by atoms with Gasteiger partial charge < -0.3 is 27.9 Å². The van der Waals surface area contributed by atoms with Gasteiger partial charge in [0, 0.05) is 12.8 Å². The molecule has 0 radical (unpaired) electrons. The fraction of sp³-hybridized carbons (Fsp3) is 0.953. The Bertz CT molecular complexity index is 881. The lowest BCUT2D eigenvalue weighted by Gasteiger charge is -2.28. The number of quaternary nitrogens is 1. The van der Waals surface area contributed by atoms with Crippen LogP contribution < -0.4 is 4.89 Å². The van der Waals surface area contributed by atoms with Crippen LogP contribution in [-0.2, 0) is 32.7 Å². The lowest BCUT2D eigenvalue weighted by molar-refractivity contribution is -0.870. The zero-order chi connectivity index (χ0) is 39.3. The van der Waals surface area contributed by atoms with Gasteiger partial charge in [-0.2, -0.15) is 0 Å². The van der Waals surface area contributed by atoms with Crippen LogP contribution >= 0.6 is 7.82 Å². The Morgan fingerprint density at radius 2 is 0.849 bits per heavy atom. The smallest absolute Gasteiger partial charge is 0.306 e. The number of carbonyl (C=O) groups excluding carboxylic acids is 2. The lowest BCUT2D eigenvalue weighted by Crippen LogP contribution is -2.37. The van der Waals surface area contributed by atoms with Crippen LogP contribution in [0, 0.1) is 0 Å². The highest BCUT2D eigenvalue weighted by atomic mass is 31.2. The van der Waals surface area contributed by atoms with Gasteiger partial charge >= 0.3 is 11.9 Å². The van der Waals surface area contributed by atoms with Crippen molar-refractivity contribution in [3.63, 3.8) is 0 Å². The Morgan fingerprint density at radius 3 is 1.21 bits per heavy atom. The molecule has 0 fully saturated rings. The predicted molar refractivity (Wildman–Crippen MR) is 218 cm³/mol. The summed E-state index contributed by atoms with van der Waals surface area (Å²) in [6.07, 6.45) is 35.5. The summed E-state index contributed by atoms with van der Waals surface area (Å²) >= 11 is 0. The molecule has 0 aromatic carbocycles. The zero-order valence-electron chi connectivity index (χ0n) is 35.5. The molecule has 1 unspecified atom stereocenters. The number of unbranched alkanes of at least 4 members (excludes halogenated alkanes) is 27. The SMILES string of the molecule is CCCCCCCCCCCCCCCCCCCCC(=O)O[C@H](COC(=O)CCCCCCCCCCCCC)COP(=O)([O-])OCC[N+](C)(C)C. The van der Waals surface area contributed by atoms with Crippen LogP contribution in [0.1, 0.15) is 213 Å². The second kappa shape index (κ2) is 36.6. The van der Waals surface area contributed by atoms with Crippen molar-refractivity contribution in [2.75, 3.05) is 47.5 Å². The van der Waals surface area contributed by atoms with Gasteiger partial charge in [-0.25, -0.2) is 0 Å². The molecule has 0 heterocycles. The van der Waals surface area contributed by atoms with E-state index in [-0.39, 0.29) is 32.0 Å². The van der Waals surface area contributed by atoms with E-state index in [1.165, 1.54) is 148 Å². The molecule has 0 rings (SSSR count). The van der Waals surface area contributed by atoms with E-state index in [1.807, 2.05) is 21.1 Å². The predicted octanol–water partition coefficient (Wildman–Crippen LogP) is 11.8. The average molecular weight is 776 g/mol. The van der Waals surface area contributed by atoms with E-state index in [2.05, 4.69) is 13.8 Å². The first-order valence-electron chi connectivity index (χ1n) is 22.2. The van der Waals surface area contributed by atoms with E-state index in [4.69, 9.17) is 18.5 Å². The van der Waals surface area contributed by atoms with Crippen LogP contribution in [0.4, 0.5) is 0 Å². The number of carbonyl (C=O) groups is 2. The molecule has 0 aromatic rings. The van der Waals surface area contributed by atoms with E-state index in [1.54, 1.807) is 0 Å². The first kappa shape index (κ1) is 52.0. The van der Waals surface area contributed by atoms with Crippen molar-refractivity contribution in [3.05, 3.63) is 0 Å². The Balaban J connectivity index is 4.27. The van der Waals surface area contributed by atoms with Crippen molar-refractivity contribution in [2.45, 2.75) is 219 Å². The van der Waals surface area contributed by atoms with Gasteiger partial charge in [0.1, 0.15) is 19.8 Å². The Morgan fingerprint density at radius 1 is 0.509 bits per heavy atom.